The number of rotatable bonds is 16. The molecule has 0 aromatic carbocycles. The van der Waals surface area contributed by atoms with Crippen LogP contribution in [0.2, 0.25) is 0 Å². The van der Waals surface area contributed by atoms with Crippen LogP contribution in [0, 0.1) is 0 Å². The zero-order valence-electron chi connectivity index (χ0n) is 22.5. The van der Waals surface area contributed by atoms with E-state index in [1.807, 2.05) is 4.98 Å². The average molecular weight is 614 g/mol. The Kier molecular flexibility index (Phi) is 12.9. The molecule has 5 N–H and O–H groups in total. The Morgan fingerprint density at radius 3 is 2.00 bits per heavy atom. The van der Waals surface area contributed by atoms with E-state index in [2.05, 4.69) is 10.6 Å². The van der Waals surface area contributed by atoms with Gasteiger partial charge in [-0.05, 0) is 27.7 Å². The molecule has 0 spiro atoms. The normalized spacial score (nSPS) is 21.5. The van der Waals surface area contributed by atoms with Gasteiger partial charge in [0.05, 0.1) is 26.4 Å². The lowest BCUT2D eigenvalue weighted by molar-refractivity contribution is -0.137. The predicted molar refractivity (Wildman–Crippen MR) is 139 cm³/mol. The predicted octanol–water partition coefficient (Wildman–Crippen LogP) is -0.406. The Hall–Kier alpha value is -2.20. The van der Waals surface area contributed by atoms with E-state index in [-0.39, 0.29) is 33.0 Å². The number of aromatic nitrogens is 2. The number of amides is 2. The first kappa shape index (κ1) is 34.0. The highest BCUT2D eigenvalue weighted by molar-refractivity contribution is 7.72. The van der Waals surface area contributed by atoms with E-state index in [0.29, 0.717) is 0 Å². The van der Waals surface area contributed by atoms with Crippen molar-refractivity contribution in [3.8, 4) is 0 Å². The molecular weight excluding hydrogens is 578 g/mol. The van der Waals surface area contributed by atoms with E-state index < -0.39 is 74.7 Å². The maximum Gasteiger partial charge on any atom is 0.365 e. The van der Waals surface area contributed by atoms with Crippen molar-refractivity contribution in [3.63, 3.8) is 0 Å². The molecule has 0 saturated carbocycles. The molecular formula is C21H36N4O13P2. The van der Waals surface area contributed by atoms with Crippen molar-refractivity contribution in [1.82, 2.24) is 20.2 Å². The minimum absolute atomic E-state index is 0.0975. The number of hydrogen-bond acceptors (Lipinski definition) is 13. The van der Waals surface area contributed by atoms with Crippen LogP contribution in [0.1, 0.15) is 40.3 Å². The molecule has 0 unspecified atom stereocenters. The summed E-state index contributed by atoms with van der Waals surface area (Å²) in [5, 5.41) is 25.3. The van der Waals surface area contributed by atoms with Crippen LogP contribution in [0.25, 0.3) is 0 Å². The van der Waals surface area contributed by atoms with Gasteiger partial charge in [0.25, 0.3) is 11.5 Å². The summed E-state index contributed by atoms with van der Waals surface area (Å²) >= 11 is 0. The summed E-state index contributed by atoms with van der Waals surface area (Å²) < 4.78 is 54.2. The van der Waals surface area contributed by atoms with Gasteiger partial charge in [-0.1, -0.05) is 0 Å². The number of aliphatic hydroxyl groups is 2. The van der Waals surface area contributed by atoms with E-state index in [1.165, 1.54) is 27.7 Å². The molecule has 1 aliphatic heterocycles. The van der Waals surface area contributed by atoms with Crippen molar-refractivity contribution in [1.29, 1.82) is 0 Å². The SMILES string of the molecule is CCOP(=O)(OCC)C(NC(=O)CCNC(=O)[C@H]1O[C@@H](n2ccc(=O)[nH]c2=O)[C@@H](O)[C@H]1O)P(=O)(OCC)OCC. The maximum absolute atomic E-state index is 13.5. The fourth-order valence-corrected chi connectivity index (χ4v) is 8.70. The van der Waals surface area contributed by atoms with Gasteiger partial charge in [-0.15, -0.1) is 0 Å². The number of ether oxygens (including phenoxy) is 1. The number of hydrogen-bond donors (Lipinski definition) is 5. The number of aliphatic hydroxyl groups excluding tert-OH is 2. The van der Waals surface area contributed by atoms with Gasteiger partial charge >= 0.3 is 20.9 Å². The minimum Gasteiger partial charge on any atom is -0.387 e. The highest BCUT2D eigenvalue weighted by atomic mass is 31.2. The number of nitrogens with zero attached hydrogens (tertiary/aromatic N) is 1. The van der Waals surface area contributed by atoms with Gasteiger partial charge in [-0.3, -0.25) is 33.1 Å². The smallest absolute Gasteiger partial charge is 0.365 e. The van der Waals surface area contributed by atoms with Crippen molar-refractivity contribution in [2.75, 3.05) is 33.0 Å². The van der Waals surface area contributed by atoms with Gasteiger partial charge in [-0.25, -0.2) is 4.79 Å². The monoisotopic (exact) mass is 614 g/mol. The van der Waals surface area contributed by atoms with Crippen LogP contribution in [0.3, 0.4) is 0 Å². The zero-order chi connectivity index (χ0) is 30.1. The van der Waals surface area contributed by atoms with Crippen molar-refractivity contribution in [3.05, 3.63) is 33.1 Å². The summed E-state index contributed by atoms with van der Waals surface area (Å²) in [6.07, 6.45) is -5.92. The Labute approximate surface area is 229 Å². The molecule has 1 aromatic rings. The van der Waals surface area contributed by atoms with E-state index >= 15 is 0 Å². The van der Waals surface area contributed by atoms with Crippen molar-refractivity contribution in [2.24, 2.45) is 0 Å². The average Bonchev–Trinajstić information content (AvgIpc) is 3.17. The second-order valence-electron chi connectivity index (χ2n) is 8.18. The third-order valence-corrected chi connectivity index (χ3v) is 11.0. The Bertz CT molecular complexity index is 1170. The molecule has 1 aromatic heterocycles. The molecule has 228 valence electrons. The summed E-state index contributed by atoms with van der Waals surface area (Å²) in [6, 6.07) is 0.995. The van der Waals surface area contributed by atoms with Gasteiger partial charge < -0.3 is 43.7 Å². The number of nitrogens with one attached hydrogen (secondary N) is 3. The number of H-pyrrole nitrogens is 1. The summed E-state index contributed by atoms with van der Waals surface area (Å²) in [5.74, 6) is -1.74. The second-order valence-corrected chi connectivity index (χ2v) is 12.8. The number of aromatic amines is 1. The number of carbonyl (C=O) groups excluding carboxylic acids is 2. The Balaban J connectivity index is 2.10. The molecule has 40 heavy (non-hydrogen) atoms. The van der Waals surface area contributed by atoms with Crippen LogP contribution in [0.4, 0.5) is 0 Å². The van der Waals surface area contributed by atoms with Gasteiger partial charge in [-0.2, -0.15) is 0 Å². The molecule has 1 fully saturated rings. The molecule has 0 bridgehead atoms. The summed E-state index contributed by atoms with van der Waals surface area (Å²) in [6.45, 7) is 5.40. The fourth-order valence-electron chi connectivity index (χ4n) is 3.76. The molecule has 4 atom stereocenters. The third kappa shape index (κ3) is 8.18. The second kappa shape index (κ2) is 15.1. The quantitative estimate of drug-likeness (QED) is 0.149. The first-order valence-electron chi connectivity index (χ1n) is 12.5. The lowest BCUT2D eigenvalue weighted by Gasteiger charge is -2.31. The lowest BCUT2D eigenvalue weighted by atomic mass is 10.1. The molecule has 17 nitrogen and oxygen atoms in total. The van der Waals surface area contributed by atoms with E-state index in [0.717, 1.165) is 16.8 Å². The van der Waals surface area contributed by atoms with Crippen LogP contribution in [-0.4, -0.2) is 88.4 Å². The highest BCUT2D eigenvalue weighted by Crippen LogP contribution is 2.69. The van der Waals surface area contributed by atoms with Crippen LogP contribution in [0.5, 0.6) is 0 Å². The minimum atomic E-state index is -4.25. The summed E-state index contributed by atoms with van der Waals surface area (Å²) in [4.78, 5) is 50.7. The highest BCUT2D eigenvalue weighted by Gasteiger charge is 2.52. The third-order valence-electron chi connectivity index (χ3n) is 5.40. The topological polar surface area (TPSA) is 234 Å². The standard InChI is InChI=1S/C21H36N4O13P2/c1-5-34-39(32,35-6-2)21(40(33,36-7-3)37-8-4)24-13(26)9-11-22-18(30)17-15(28)16(29)19(38-17)25-12-10-14(27)23-20(25)31/h10,12,15-17,19,21,28-29H,5-9,11H2,1-4H3,(H,22,30)(H,24,26)(H,23,27,31)/t15-,16+,17+,19-/m1/s1. The van der Waals surface area contributed by atoms with Gasteiger partial charge in [0.15, 0.2) is 12.3 Å². The van der Waals surface area contributed by atoms with Gasteiger partial charge in [0.2, 0.25) is 11.4 Å². The maximum atomic E-state index is 13.5. The van der Waals surface area contributed by atoms with Crippen molar-refractivity contribution < 1.29 is 51.8 Å². The van der Waals surface area contributed by atoms with Crippen LogP contribution in [-0.2, 0) is 41.6 Å². The van der Waals surface area contributed by atoms with Gasteiger partial charge in [0.1, 0.15) is 12.2 Å². The van der Waals surface area contributed by atoms with E-state index in [4.69, 9.17) is 22.8 Å². The zero-order valence-corrected chi connectivity index (χ0v) is 24.3. The molecule has 2 heterocycles. The number of carbonyl (C=O) groups is 2. The van der Waals surface area contributed by atoms with E-state index in [1.54, 1.807) is 0 Å². The molecule has 1 aliphatic rings. The van der Waals surface area contributed by atoms with Crippen LogP contribution in [0.15, 0.2) is 21.9 Å². The first-order valence-corrected chi connectivity index (χ1v) is 15.8. The summed E-state index contributed by atoms with van der Waals surface area (Å²) in [7, 11) is -8.51. The lowest BCUT2D eigenvalue weighted by Crippen LogP contribution is -2.44. The Morgan fingerprint density at radius 1 is 1.00 bits per heavy atom. The molecule has 2 rings (SSSR count). The van der Waals surface area contributed by atoms with Crippen LogP contribution >= 0.6 is 15.2 Å². The fraction of sp³-hybridized carbons (Fsp3) is 0.714. The van der Waals surface area contributed by atoms with Crippen molar-refractivity contribution >= 4 is 27.0 Å². The largest absolute Gasteiger partial charge is 0.387 e. The Morgan fingerprint density at radius 2 is 1.52 bits per heavy atom. The molecule has 2 amide bonds. The first-order chi connectivity index (χ1) is 18.9. The van der Waals surface area contributed by atoms with Crippen molar-refractivity contribution in [2.45, 2.75) is 64.2 Å². The van der Waals surface area contributed by atoms with Crippen LogP contribution < -0.4 is 21.9 Å². The molecule has 0 aliphatic carbocycles. The van der Waals surface area contributed by atoms with E-state index in [9.17, 15) is 38.5 Å². The molecule has 0 radical (unpaired) electrons. The summed E-state index contributed by atoms with van der Waals surface area (Å²) in [5.41, 5.74) is -3.42. The van der Waals surface area contributed by atoms with Gasteiger partial charge in [0, 0.05) is 25.2 Å². The molecule has 1 saturated heterocycles. The molecule has 19 heteroatoms.